The van der Waals surface area contributed by atoms with Gasteiger partial charge in [0.25, 0.3) is 0 Å². The van der Waals surface area contributed by atoms with Crippen LogP contribution in [0.1, 0.15) is 36.1 Å². The highest BCUT2D eigenvalue weighted by Gasteiger charge is 2.30. The van der Waals surface area contributed by atoms with Crippen LogP contribution in [0.4, 0.5) is 0 Å². The maximum atomic E-state index is 13.7. The van der Waals surface area contributed by atoms with Crippen LogP contribution in [0.3, 0.4) is 0 Å². The van der Waals surface area contributed by atoms with E-state index in [-0.39, 0.29) is 17.9 Å². The second kappa shape index (κ2) is 13.7. The molecule has 2 amide bonds. The second-order valence-corrected chi connectivity index (χ2v) is 10.1. The molecule has 190 valence electrons. The molecule has 1 atom stereocenters. The van der Waals surface area contributed by atoms with E-state index in [0.717, 1.165) is 22.6 Å². The summed E-state index contributed by atoms with van der Waals surface area (Å²) in [5.74, 6) is 1.55. The second-order valence-electron chi connectivity index (χ2n) is 9.16. The lowest BCUT2D eigenvalue weighted by Gasteiger charge is -2.32. The molecule has 0 aliphatic heterocycles. The lowest BCUT2D eigenvalue weighted by Crippen LogP contribution is -2.52. The summed E-state index contributed by atoms with van der Waals surface area (Å²) in [4.78, 5) is 28.8. The number of ether oxygens (including phenoxy) is 1. The van der Waals surface area contributed by atoms with Gasteiger partial charge in [-0.1, -0.05) is 66.7 Å². The van der Waals surface area contributed by atoms with Crippen molar-refractivity contribution in [2.45, 2.75) is 51.6 Å². The Bertz CT molecular complexity index is 1130. The molecule has 0 radical (unpaired) electrons. The van der Waals surface area contributed by atoms with Gasteiger partial charge in [0.1, 0.15) is 11.8 Å². The molecule has 3 rings (SSSR count). The Morgan fingerprint density at radius 3 is 2.33 bits per heavy atom. The van der Waals surface area contributed by atoms with Gasteiger partial charge in [0, 0.05) is 24.8 Å². The number of nitrogens with one attached hydrogen (secondary N) is 1. The van der Waals surface area contributed by atoms with E-state index in [1.54, 1.807) is 23.8 Å². The lowest BCUT2D eigenvalue weighted by molar-refractivity contribution is -0.139. The zero-order valence-corrected chi connectivity index (χ0v) is 22.4. The Kier molecular flexibility index (Phi) is 10.4. The SMILES string of the molecule is COc1cccc(CN(C(=O)CSCc2ccccc2C)C(Cc2ccccc2)C(=O)NC(C)C)c1. The van der Waals surface area contributed by atoms with Gasteiger partial charge in [-0.2, -0.15) is 0 Å². The van der Waals surface area contributed by atoms with Crippen LogP contribution in [-0.4, -0.2) is 41.7 Å². The molecule has 5 nitrogen and oxygen atoms in total. The van der Waals surface area contributed by atoms with Crippen LogP contribution < -0.4 is 10.1 Å². The maximum absolute atomic E-state index is 13.7. The number of methoxy groups -OCH3 is 1. The number of aryl methyl sites for hydroxylation is 1. The van der Waals surface area contributed by atoms with Gasteiger partial charge in [-0.15, -0.1) is 11.8 Å². The maximum Gasteiger partial charge on any atom is 0.243 e. The van der Waals surface area contributed by atoms with Crippen molar-refractivity contribution in [1.29, 1.82) is 0 Å². The fourth-order valence-electron chi connectivity index (χ4n) is 4.01. The van der Waals surface area contributed by atoms with E-state index in [1.807, 2.05) is 80.6 Å². The minimum absolute atomic E-state index is 0.0278. The number of hydrogen-bond acceptors (Lipinski definition) is 4. The summed E-state index contributed by atoms with van der Waals surface area (Å²) in [6.45, 7) is 6.27. The molecule has 0 aliphatic carbocycles. The van der Waals surface area contributed by atoms with Gasteiger partial charge in [-0.05, 0) is 55.2 Å². The molecule has 0 heterocycles. The molecule has 1 N–H and O–H groups in total. The number of thioether (sulfide) groups is 1. The number of hydrogen-bond donors (Lipinski definition) is 1. The Morgan fingerprint density at radius 1 is 0.944 bits per heavy atom. The summed E-state index contributed by atoms with van der Waals surface area (Å²) in [5.41, 5.74) is 4.36. The number of amides is 2. The van der Waals surface area contributed by atoms with Crippen molar-refractivity contribution in [2.75, 3.05) is 12.9 Å². The number of nitrogens with zero attached hydrogens (tertiary/aromatic N) is 1. The molecular weight excluding hydrogens is 468 g/mol. The molecule has 1 unspecified atom stereocenters. The van der Waals surface area contributed by atoms with Crippen LogP contribution in [0.2, 0.25) is 0 Å². The first-order valence-electron chi connectivity index (χ1n) is 12.3. The van der Waals surface area contributed by atoms with E-state index in [9.17, 15) is 9.59 Å². The van der Waals surface area contributed by atoms with Crippen molar-refractivity contribution in [1.82, 2.24) is 10.2 Å². The van der Waals surface area contributed by atoms with Gasteiger partial charge in [-0.25, -0.2) is 0 Å². The minimum Gasteiger partial charge on any atom is -0.497 e. The average molecular weight is 505 g/mol. The van der Waals surface area contributed by atoms with Crippen LogP contribution in [-0.2, 0) is 28.3 Å². The standard InChI is InChI=1S/C30H36N2O3S/c1-22(2)31-30(34)28(18-24-12-6-5-7-13-24)32(19-25-14-10-16-27(17-25)35-4)29(33)21-36-20-26-15-9-8-11-23(26)3/h5-17,22,28H,18-21H2,1-4H3,(H,31,34). The Hall–Kier alpha value is -3.25. The first kappa shape index (κ1) is 27.3. The van der Waals surface area contributed by atoms with E-state index < -0.39 is 6.04 Å². The molecule has 0 spiro atoms. The summed E-state index contributed by atoms with van der Waals surface area (Å²) in [7, 11) is 1.62. The molecule has 0 aliphatic rings. The third-order valence-electron chi connectivity index (χ3n) is 5.93. The topological polar surface area (TPSA) is 58.6 Å². The molecule has 0 saturated carbocycles. The van der Waals surface area contributed by atoms with Crippen molar-refractivity contribution in [3.05, 3.63) is 101 Å². The van der Waals surface area contributed by atoms with E-state index in [1.165, 1.54) is 11.1 Å². The fraction of sp³-hybridized carbons (Fsp3) is 0.333. The Labute approximate surface area is 219 Å². The predicted octanol–water partition coefficient (Wildman–Crippen LogP) is 5.40. The highest BCUT2D eigenvalue weighted by molar-refractivity contribution is 7.99. The Morgan fingerprint density at radius 2 is 1.64 bits per heavy atom. The first-order valence-corrected chi connectivity index (χ1v) is 13.4. The molecule has 0 saturated heterocycles. The third-order valence-corrected chi connectivity index (χ3v) is 6.90. The zero-order chi connectivity index (χ0) is 25.9. The lowest BCUT2D eigenvalue weighted by atomic mass is 10.0. The van der Waals surface area contributed by atoms with E-state index >= 15 is 0 Å². The molecule has 0 bridgehead atoms. The van der Waals surface area contributed by atoms with Crippen LogP contribution in [0, 0.1) is 6.92 Å². The highest BCUT2D eigenvalue weighted by atomic mass is 32.2. The summed E-state index contributed by atoms with van der Waals surface area (Å²) in [6.07, 6.45) is 0.442. The fourth-order valence-corrected chi connectivity index (χ4v) is 4.99. The number of carbonyl (C=O) groups is 2. The van der Waals surface area contributed by atoms with Gasteiger partial charge in [0.2, 0.25) is 11.8 Å². The summed E-state index contributed by atoms with van der Waals surface area (Å²) < 4.78 is 5.39. The molecule has 3 aromatic rings. The Balaban J connectivity index is 1.87. The zero-order valence-electron chi connectivity index (χ0n) is 21.6. The quantitative estimate of drug-likeness (QED) is 0.359. The molecule has 0 fully saturated rings. The molecular formula is C30H36N2O3S. The van der Waals surface area contributed by atoms with Gasteiger partial charge in [0.05, 0.1) is 12.9 Å². The van der Waals surface area contributed by atoms with Crippen LogP contribution in [0.15, 0.2) is 78.9 Å². The number of rotatable bonds is 12. The van der Waals surface area contributed by atoms with Crippen LogP contribution in [0.25, 0.3) is 0 Å². The first-order chi connectivity index (χ1) is 17.4. The molecule has 36 heavy (non-hydrogen) atoms. The van der Waals surface area contributed by atoms with E-state index in [2.05, 4.69) is 24.4 Å². The molecule has 6 heteroatoms. The van der Waals surface area contributed by atoms with Crippen molar-refractivity contribution in [3.8, 4) is 5.75 Å². The third kappa shape index (κ3) is 8.16. The highest BCUT2D eigenvalue weighted by Crippen LogP contribution is 2.21. The number of benzene rings is 3. The largest absolute Gasteiger partial charge is 0.497 e. The van der Waals surface area contributed by atoms with Crippen LogP contribution >= 0.6 is 11.8 Å². The van der Waals surface area contributed by atoms with E-state index in [4.69, 9.17) is 4.74 Å². The van der Waals surface area contributed by atoms with Crippen molar-refractivity contribution in [2.24, 2.45) is 0 Å². The van der Waals surface area contributed by atoms with Crippen LogP contribution in [0.5, 0.6) is 5.75 Å². The van der Waals surface area contributed by atoms with Gasteiger partial charge in [-0.3, -0.25) is 9.59 Å². The van der Waals surface area contributed by atoms with Gasteiger partial charge in [0.15, 0.2) is 0 Å². The monoisotopic (exact) mass is 504 g/mol. The van der Waals surface area contributed by atoms with Crippen molar-refractivity contribution in [3.63, 3.8) is 0 Å². The smallest absolute Gasteiger partial charge is 0.243 e. The van der Waals surface area contributed by atoms with Gasteiger partial charge < -0.3 is 15.0 Å². The predicted molar refractivity (Wildman–Crippen MR) is 148 cm³/mol. The number of carbonyl (C=O) groups excluding carboxylic acids is 2. The van der Waals surface area contributed by atoms with E-state index in [0.29, 0.717) is 18.7 Å². The van der Waals surface area contributed by atoms with Gasteiger partial charge >= 0.3 is 0 Å². The minimum atomic E-state index is -0.632. The van der Waals surface area contributed by atoms with Crippen molar-refractivity contribution < 1.29 is 14.3 Å². The summed E-state index contributed by atoms with van der Waals surface area (Å²) in [5, 5.41) is 3.03. The summed E-state index contributed by atoms with van der Waals surface area (Å²) >= 11 is 1.58. The molecule has 3 aromatic carbocycles. The summed E-state index contributed by atoms with van der Waals surface area (Å²) in [6, 6.07) is 25.1. The van der Waals surface area contributed by atoms with Crippen molar-refractivity contribution >= 4 is 23.6 Å². The average Bonchev–Trinajstić information content (AvgIpc) is 2.87. The normalized spacial score (nSPS) is 11.7. The molecule has 0 aromatic heterocycles.